The number of nitrogens with one attached hydrogen (secondary N) is 2. The van der Waals surface area contributed by atoms with Crippen LogP contribution in [0.1, 0.15) is 46.4 Å². The summed E-state index contributed by atoms with van der Waals surface area (Å²) < 4.78 is 27.1. The molecule has 1 saturated carbocycles. The van der Waals surface area contributed by atoms with Crippen LogP contribution in [0.15, 0.2) is 46.0 Å². The van der Waals surface area contributed by atoms with Crippen molar-refractivity contribution >= 4 is 33.2 Å². The van der Waals surface area contributed by atoms with E-state index in [9.17, 15) is 18.0 Å². The van der Waals surface area contributed by atoms with Crippen LogP contribution in [-0.2, 0) is 10.0 Å². The number of carbonyl (C=O) groups excluding carboxylic acids is 2. The van der Waals surface area contributed by atoms with Gasteiger partial charge in [0.15, 0.2) is 0 Å². The number of amides is 2. The minimum Gasteiger partial charge on any atom is -0.349 e. The van der Waals surface area contributed by atoms with Gasteiger partial charge in [0.2, 0.25) is 10.0 Å². The lowest BCUT2D eigenvalue weighted by Gasteiger charge is -2.32. The summed E-state index contributed by atoms with van der Waals surface area (Å²) in [5, 5.41) is 6.71. The van der Waals surface area contributed by atoms with E-state index in [1.165, 1.54) is 23.5 Å². The first-order valence-electron chi connectivity index (χ1n) is 9.67. The number of likely N-dealkylation sites (tertiary alicyclic amines) is 1. The molecule has 0 radical (unpaired) electrons. The second-order valence-electron chi connectivity index (χ2n) is 7.47. The minimum atomic E-state index is -3.52. The van der Waals surface area contributed by atoms with Crippen molar-refractivity contribution in [1.29, 1.82) is 0 Å². The first kappa shape index (κ1) is 20.1. The minimum absolute atomic E-state index is 0.0443. The average molecular weight is 434 g/mol. The van der Waals surface area contributed by atoms with Gasteiger partial charge >= 0.3 is 0 Å². The number of piperidine rings is 1. The lowest BCUT2D eigenvalue weighted by molar-refractivity contribution is 0.0698. The maximum Gasteiger partial charge on any atom is 0.253 e. The van der Waals surface area contributed by atoms with Crippen LogP contribution in [0.4, 0.5) is 0 Å². The zero-order chi connectivity index (χ0) is 20.4. The summed E-state index contributed by atoms with van der Waals surface area (Å²) in [6, 6.07) is 7.97. The van der Waals surface area contributed by atoms with E-state index in [0.29, 0.717) is 37.1 Å². The number of rotatable bonds is 6. The van der Waals surface area contributed by atoms with Gasteiger partial charge in [-0.3, -0.25) is 9.59 Å². The number of thiophene rings is 1. The molecular weight excluding hydrogens is 410 g/mol. The van der Waals surface area contributed by atoms with Crippen LogP contribution < -0.4 is 10.0 Å². The van der Waals surface area contributed by atoms with E-state index in [1.54, 1.807) is 23.1 Å². The van der Waals surface area contributed by atoms with Gasteiger partial charge in [0.1, 0.15) is 0 Å². The van der Waals surface area contributed by atoms with E-state index < -0.39 is 10.0 Å². The molecule has 2 aromatic rings. The first-order valence-corrected chi connectivity index (χ1v) is 12.1. The monoisotopic (exact) mass is 433 g/mol. The van der Waals surface area contributed by atoms with Crippen molar-refractivity contribution in [3.05, 3.63) is 52.2 Å². The van der Waals surface area contributed by atoms with Gasteiger partial charge in [-0.1, -0.05) is 0 Å². The molecule has 1 aromatic carbocycles. The summed E-state index contributed by atoms with van der Waals surface area (Å²) in [5.74, 6) is -0.195. The van der Waals surface area contributed by atoms with Crippen LogP contribution in [0.5, 0.6) is 0 Å². The largest absolute Gasteiger partial charge is 0.349 e. The summed E-state index contributed by atoms with van der Waals surface area (Å²) in [6.07, 6.45) is 3.14. The molecular formula is C20H23N3O4S2. The maximum absolute atomic E-state index is 12.7. The van der Waals surface area contributed by atoms with E-state index in [2.05, 4.69) is 10.0 Å². The van der Waals surface area contributed by atoms with E-state index >= 15 is 0 Å². The average Bonchev–Trinajstić information content (AvgIpc) is 3.34. The zero-order valence-corrected chi connectivity index (χ0v) is 17.5. The van der Waals surface area contributed by atoms with Crippen LogP contribution in [0, 0.1) is 0 Å². The third-order valence-corrected chi connectivity index (χ3v) is 7.43. The molecule has 1 saturated heterocycles. The molecule has 1 aliphatic carbocycles. The van der Waals surface area contributed by atoms with Gasteiger partial charge in [0.25, 0.3) is 11.8 Å². The molecule has 2 amide bonds. The van der Waals surface area contributed by atoms with Crippen LogP contribution in [0.3, 0.4) is 0 Å². The molecule has 7 nitrogen and oxygen atoms in total. The second-order valence-corrected chi connectivity index (χ2v) is 9.97. The van der Waals surface area contributed by atoms with E-state index in [4.69, 9.17) is 0 Å². The highest BCUT2D eigenvalue weighted by Gasteiger charge is 2.29. The fourth-order valence-electron chi connectivity index (χ4n) is 3.34. The third kappa shape index (κ3) is 4.85. The maximum atomic E-state index is 12.7. The van der Waals surface area contributed by atoms with Crippen LogP contribution >= 0.6 is 11.3 Å². The van der Waals surface area contributed by atoms with Crippen molar-refractivity contribution in [3.8, 4) is 0 Å². The molecule has 29 heavy (non-hydrogen) atoms. The summed E-state index contributed by atoms with van der Waals surface area (Å²) >= 11 is 1.48. The molecule has 9 heteroatoms. The predicted molar refractivity (Wildman–Crippen MR) is 110 cm³/mol. The predicted octanol–water partition coefficient (Wildman–Crippen LogP) is 2.22. The third-order valence-electron chi connectivity index (χ3n) is 5.21. The van der Waals surface area contributed by atoms with Crippen molar-refractivity contribution in [2.75, 3.05) is 13.1 Å². The molecule has 1 aromatic heterocycles. The number of carbonyl (C=O) groups is 2. The number of hydrogen-bond acceptors (Lipinski definition) is 5. The van der Waals surface area contributed by atoms with Gasteiger partial charge in [-0.05, 0) is 61.4 Å². The molecule has 154 valence electrons. The van der Waals surface area contributed by atoms with E-state index in [0.717, 1.165) is 12.8 Å². The Morgan fingerprint density at radius 2 is 1.62 bits per heavy atom. The quantitative estimate of drug-likeness (QED) is 0.730. The Morgan fingerprint density at radius 3 is 2.21 bits per heavy atom. The molecule has 2 fully saturated rings. The van der Waals surface area contributed by atoms with Crippen molar-refractivity contribution in [2.45, 2.75) is 42.7 Å². The lowest BCUT2D eigenvalue weighted by Crippen LogP contribution is -2.46. The molecule has 0 spiro atoms. The van der Waals surface area contributed by atoms with Gasteiger partial charge in [-0.15, -0.1) is 0 Å². The Labute approximate surface area is 174 Å². The first-order chi connectivity index (χ1) is 13.9. The van der Waals surface area contributed by atoms with Gasteiger partial charge < -0.3 is 10.2 Å². The Bertz CT molecular complexity index is 975. The molecule has 0 atom stereocenters. The van der Waals surface area contributed by atoms with Crippen molar-refractivity contribution in [3.63, 3.8) is 0 Å². The number of nitrogens with zero attached hydrogens (tertiary/aromatic N) is 1. The summed E-state index contributed by atoms with van der Waals surface area (Å²) in [6.45, 7) is 1.10. The smallest absolute Gasteiger partial charge is 0.253 e. The molecule has 2 aliphatic rings. The topological polar surface area (TPSA) is 95.6 Å². The summed E-state index contributed by atoms with van der Waals surface area (Å²) in [5.41, 5.74) is 1.14. The normalized spacial score (nSPS) is 17.9. The highest BCUT2D eigenvalue weighted by atomic mass is 32.2. The Hall–Kier alpha value is -2.23. The fraction of sp³-hybridized carbons (Fsp3) is 0.400. The molecule has 2 N–H and O–H groups in total. The van der Waals surface area contributed by atoms with Gasteiger partial charge in [0.05, 0.1) is 4.90 Å². The second kappa shape index (κ2) is 8.25. The van der Waals surface area contributed by atoms with E-state index in [-0.39, 0.29) is 28.8 Å². The summed E-state index contributed by atoms with van der Waals surface area (Å²) in [7, 11) is -3.52. The zero-order valence-electron chi connectivity index (χ0n) is 15.8. The van der Waals surface area contributed by atoms with Gasteiger partial charge in [0, 0.05) is 41.7 Å². The van der Waals surface area contributed by atoms with Crippen molar-refractivity contribution < 1.29 is 18.0 Å². The van der Waals surface area contributed by atoms with Crippen molar-refractivity contribution in [1.82, 2.24) is 14.9 Å². The van der Waals surface area contributed by atoms with Gasteiger partial charge in [-0.2, -0.15) is 11.3 Å². The molecule has 4 rings (SSSR count). The fourth-order valence-corrected chi connectivity index (χ4v) is 5.28. The number of benzene rings is 1. The highest BCUT2D eigenvalue weighted by molar-refractivity contribution is 7.89. The Balaban J connectivity index is 1.31. The Kier molecular flexibility index (Phi) is 5.71. The standard InChI is InChI=1S/C20H23N3O4S2/c24-19(15-9-12-28-13-15)21-16-7-10-23(11-8-16)20(25)14-1-5-18(6-2-14)29(26,27)22-17-3-4-17/h1-2,5-6,9,12-13,16-17,22H,3-4,7-8,10-11H2,(H,21,24). The Morgan fingerprint density at radius 1 is 0.931 bits per heavy atom. The van der Waals surface area contributed by atoms with Crippen molar-refractivity contribution in [2.24, 2.45) is 0 Å². The molecule has 0 unspecified atom stereocenters. The van der Waals surface area contributed by atoms with E-state index in [1.807, 2.05) is 10.8 Å². The van der Waals surface area contributed by atoms with Crippen LogP contribution in [-0.4, -0.2) is 50.3 Å². The summed E-state index contributed by atoms with van der Waals surface area (Å²) in [4.78, 5) is 26.8. The molecule has 2 heterocycles. The lowest BCUT2D eigenvalue weighted by atomic mass is 10.0. The van der Waals surface area contributed by atoms with Crippen LogP contribution in [0.25, 0.3) is 0 Å². The SMILES string of the molecule is O=C(NC1CCN(C(=O)c2ccc(S(=O)(=O)NC3CC3)cc2)CC1)c1ccsc1. The molecule has 0 bridgehead atoms. The van der Waals surface area contributed by atoms with Crippen LogP contribution in [0.2, 0.25) is 0 Å². The number of hydrogen-bond donors (Lipinski definition) is 2. The van der Waals surface area contributed by atoms with Gasteiger partial charge in [-0.25, -0.2) is 13.1 Å². The highest BCUT2D eigenvalue weighted by Crippen LogP contribution is 2.23. The number of sulfonamides is 1. The molecule has 1 aliphatic heterocycles.